The Bertz CT molecular complexity index is 241. The van der Waals surface area contributed by atoms with E-state index in [4.69, 9.17) is 5.73 Å². The van der Waals surface area contributed by atoms with Crippen LogP contribution in [0.3, 0.4) is 0 Å². The Balaban J connectivity index is 1.65. The smallest absolute Gasteiger partial charge is 0.0136 e. The van der Waals surface area contributed by atoms with E-state index in [1.807, 2.05) is 0 Å². The molecule has 2 N–H and O–H groups in total. The van der Waals surface area contributed by atoms with Crippen LogP contribution in [0.1, 0.15) is 51.4 Å². The number of hydrogen-bond acceptors (Lipinski definition) is 2. The van der Waals surface area contributed by atoms with E-state index in [0.29, 0.717) is 0 Å². The van der Waals surface area contributed by atoms with E-state index in [0.717, 1.165) is 30.3 Å². The number of likely N-dealkylation sites (tertiary alicyclic amines) is 1. The summed E-state index contributed by atoms with van der Waals surface area (Å²) in [4.78, 5) is 2.83. The zero-order valence-corrected chi connectivity index (χ0v) is 11.1. The molecule has 2 nitrogen and oxygen atoms in total. The van der Waals surface area contributed by atoms with Crippen molar-refractivity contribution >= 4 is 0 Å². The molecule has 0 spiro atoms. The summed E-state index contributed by atoms with van der Waals surface area (Å²) in [7, 11) is 0. The van der Waals surface area contributed by atoms with E-state index >= 15 is 0 Å². The van der Waals surface area contributed by atoms with Gasteiger partial charge in [0.25, 0.3) is 0 Å². The largest absolute Gasteiger partial charge is 0.330 e. The van der Waals surface area contributed by atoms with Gasteiger partial charge in [-0.25, -0.2) is 0 Å². The molecule has 4 unspecified atom stereocenters. The highest BCUT2D eigenvalue weighted by atomic mass is 15.2. The first kappa shape index (κ1) is 12.0. The highest BCUT2D eigenvalue weighted by Gasteiger charge is 2.40. The summed E-state index contributed by atoms with van der Waals surface area (Å²) in [5, 5.41) is 0. The molecule has 2 saturated carbocycles. The van der Waals surface area contributed by atoms with Crippen molar-refractivity contribution in [3.8, 4) is 0 Å². The molecule has 17 heavy (non-hydrogen) atoms. The molecule has 1 heterocycles. The predicted octanol–water partition coefficient (Wildman–Crippen LogP) is 2.63. The van der Waals surface area contributed by atoms with Crippen LogP contribution in [0.2, 0.25) is 0 Å². The molecule has 2 heteroatoms. The lowest BCUT2D eigenvalue weighted by atomic mass is 9.93. The molecular weight excluding hydrogens is 208 g/mol. The van der Waals surface area contributed by atoms with Gasteiger partial charge in [-0.15, -0.1) is 0 Å². The fraction of sp³-hybridized carbons (Fsp3) is 1.00. The number of fused-ring (bicyclic) bond motifs is 1. The van der Waals surface area contributed by atoms with Crippen LogP contribution >= 0.6 is 0 Å². The van der Waals surface area contributed by atoms with Crippen LogP contribution in [-0.2, 0) is 0 Å². The maximum Gasteiger partial charge on any atom is 0.0136 e. The van der Waals surface area contributed by atoms with Crippen LogP contribution in [-0.4, -0.2) is 30.6 Å². The minimum absolute atomic E-state index is 0.788. The van der Waals surface area contributed by atoms with Gasteiger partial charge in [-0.3, -0.25) is 4.90 Å². The Hall–Kier alpha value is -0.0800. The van der Waals surface area contributed by atoms with Crippen LogP contribution < -0.4 is 5.73 Å². The predicted molar refractivity (Wildman–Crippen MR) is 71.8 cm³/mol. The standard InChI is InChI=1S/C15H28N2/c16-9-12-5-2-1-3-8-15(12)17-10-13-6-4-7-14(13)11-17/h12-15H,1-11,16H2. The molecule has 1 saturated heterocycles. The normalized spacial score (nSPS) is 43.6. The second-order valence-corrected chi connectivity index (χ2v) is 6.61. The maximum absolute atomic E-state index is 6.02. The van der Waals surface area contributed by atoms with Gasteiger partial charge in [-0.05, 0) is 50.0 Å². The molecule has 98 valence electrons. The van der Waals surface area contributed by atoms with Gasteiger partial charge in [-0.2, -0.15) is 0 Å². The van der Waals surface area contributed by atoms with Gasteiger partial charge in [0.15, 0.2) is 0 Å². The van der Waals surface area contributed by atoms with E-state index in [-0.39, 0.29) is 0 Å². The third-order valence-corrected chi connectivity index (χ3v) is 5.65. The average Bonchev–Trinajstić information content (AvgIpc) is 2.83. The minimum atomic E-state index is 0.788. The first-order chi connectivity index (χ1) is 8.38. The summed E-state index contributed by atoms with van der Waals surface area (Å²) in [5.74, 6) is 2.87. The second-order valence-electron chi connectivity index (χ2n) is 6.61. The van der Waals surface area contributed by atoms with Crippen molar-refractivity contribution in [3.05, 3.63) is 0 Å². The fourth-order valence-corrected chi connectivity index (χ4v) is 4.66. The van der Waals surface area contributed by atoms with Gasteiger partial charge >= 0.3 is 0 Å². The first-order valence-electron chi connectivity index (χ1n) is 7.82. The van der Waals surface area contributed by atoms with Gasteiger partial charge in [0, 0.05) is 19.1 Å². The quantitative estimate of drug-likeness (QED) is 0.747. The maximum atomic E-state index is 6.02. The average molecular weight is 236 g/mol. The molecule has 4 atom stereocenters. The van der Waals surface area contributed by atoms with E-state index < -0.39 is 0 Å². The molecule has 0 aromatic rings. The second kappa shape index (κ2) is 5.27. The summed E-state index contributed by atoms with van der Waals surface area (Å²) in [6.07, 6.45) is 11.6. The lowest BCUT2D eigenvalue weighted by molar-refractivity contribution is 0.155. The topological polar surface area (TPSA) is 29.3 Å². The first-order valence-corrected chi connectivity index (χ1v) is 7.82. The van der Waals surface area contributed by atoms with Crippen molar-refractivity contribution in [3.63, 3.8) is 0 Å². The molecule has 3 aliphatic rings. The highest BCUT2D eigenvalue weighted by Crippen LogP contribution is 2.40. The Labute approximate surface area is 106 Å². The Kier molecular flexibility index (Phi) is 3.72. The van der Waals surface area contributed by atoms with E-state index in [1.54, 1.807) is 0 Å². The summed E-state index contributed by atoms with van der Waals surface area (Å²) in [5.41, 5.74) is 6.02. The molecule has 0 aromatic carbocycles. The minimum Gasteiger partial charge on any atom is -0.330 e. The summed E-state index contributed by atoms with van der Waals surface area (Å²) >= 11 is 0. The SMILES string of the molecule is NCC1CCCCCC1N1CC2CCCC2C1. The highest BCUT2D eigenvalue weighted by molar-refractivity contribution is 4.93. The third-order valence-electron chi connectivity index (χ3n) is 5.65. The lowest BCUT2D eigenvalue weighted by Crippen LogP contribution is -2.42. The molecule has 3 fully saturated rings. The van der Waals surface area contributed by atoms with Crippen LogP contribution in [0.25, 0.3) is 0 Å². The lowest BCUT2D eigenvalue weighted by Gasteiger charge is -2.33. The van der Waals surface area contributed by atoms with E-state index in [2.05, 4.69) is 4.90 Å². The molecule has 3 rings (SSSR count). The Morgan fingerprint density at radius 3 is 2.24 bits per heavy atom. The van der Waals surface area contributed by atoms with Gasteiger partial charge < -0.3 is 5.73 Å². The van der Waals surface area contributed by atoms with Crippen molar-refractivity contribution in [2.75, 3.05) is 19.6 Å². The van der Waals surface area contributed by atoms with Crippen LogP contribution in [0.5, 0.6) is 0 Å². The molecule has 0 bridgehead atoms. The third kappa shape index (κ3) is 2.39. The Morgan fingerprint density at radius 2 is 1.53 bits per heavy atom. The van der Waals surface area contributed by atoms with Crippen LogP contribution in [0.4, 0.5) is 0 Å². The molecule has 0 radical (unpaired) electrons. The molecule has 0 amide bonds. The summed E-state index contributed by atoms with van der Waals surface area (Å²) in [6.45, 7) is 3.70. The number of nitrogens with zero attached hydrogens (tertiary/aromatic N) is 1. The van der Waals surface area contributed by atoms with Crippen LogP contribution in [0, 0.1) is 17.8 Å². The summed E-state index contributed by atoms with van der Waals surface area (Å²) < 4.78 is 0. The Morgan fingerprint density at radius 1 is 0.824 bits per heavy atom. The molecule has 2 aliphatic carbocycles. The fourth-order valence-electron chi connectivity index (χ4n) is 4.66. The number of rotatable bonds is 2. The van der Waals surface area contributed by atoms with E-state index in [1.165, 1.54) is 64.5 Å². The van der Waals surface area contributed by atoms with Gasteiger partial charge in [-0.1, -0.05) is 25.7 Å². The van der Waals surface area contributed by atoms with Crippen molar-refractivity contribution in [2.24, 2.45) is 23.5 Å². The van der Waals surface area contributed by atoms with Crippen molar-refractivity contribution in [2.45, 2.75) is 57.4 Å². The number of hydrogen-bond donors (Lipinski definition) is 1. The van der Waals surface area contributed by atoms with Crippen molar-refractivity contribution in [1.82, 2.24) is 4.90 Å². The zero-order chi connectivity index (χ0) is 11.7. The zero-order valence-electron chi connectivity index (χ0n) is 11.1. The van der Waals surface area contributed by atoms with Gasteiger partial charge in [0.1, 0.15) is 0 Å². The van der Waals surface area contributed by atoms with E-state index in [9.17, 15) is 0 Å². The van der Waals surface area contributed by atoms with Crippen molar-refractivity contribution < 1.29 is 0 Å². The monoisotopic (exact) mass is 236 g/mol. The van der Waals surface area contributed by atoms with Gasteiger partial charge in [0.2, 0.25) is 0 Å². The van der Waals surface area contributed by atoms with Crippen LogP contribution in [0.15, 0.2) is 0 Å². The summed E-state index contributed by atoms with van der Waals surface area (Å²) in [6, 6.07) is 0.827. The molecular formula is C15H28N2. The molecule has 0 aromatic heterocycles. The number of nitrogens with two attached hydrogens (primary N) is 1. The molecule has 1 aliphatic heterocycles. The van der Waals surface area contributed by atoms with Gasteiger partial charge in [0.05, 0.1) is 0 Å². The van der Waals surface area contributed by atoms with Crippen molar-refractivity contribution in [1.29, 1.82) is 0 Å².